The summed E-state index contributed by atoms with van der Waals surface area (Å²) in [7, 11) is 0. The molecule has 1 amide bonds. The number of H-pyrrole nitrogens is 2. The smallest absolute Gasteiger partial charge is 0.251 e. The van der Waals surface area contributed by atoms with E-state index in [1.807, 2.05) is 69.4 Å². The molecule has 0 aliphatic rings. The largest absolute Gasteiger partial charge is 0.361 e. The van der Waals surface area contributed by atoms with Crippen LogP contribution in [0.4, 0.5) is 0 Å². The van der Waals surface area contributed by atoms with E-state index in [2.05, 4.69) is 21.4 Å². The van der Waals surface area contributed by atoms with Gasteiger partial charge in [-0.15, -0.1) is 0 Å². The van der Waals surface area contributed by atoms with E-state index in [0.29, 0.717) is 17.9 Å². The summed E-state index contributed by atoms with van der Waals surface area (Å²) in [4.78, 5) is 36.1. The molecule has 1 atom stereocenters. The van der Waals surface area contributed by atoms with Crippen LogP contribution in [0.5, 0.6) is 0 Å². The van der Waals surface area contributed by atoms with Gasteiger partial charge in [0.2, 0.25) is 5.91 Å². The quantitative estimate of drug-likeness (QED) is 0.409. The van der Waals surface area contributed by atoms with Crippen LogP contribution < -0.4 is 10.9 Å². The van der Waals surface area contributed by atoms with Crippen LogP contribution in [-0.4, -0.2) is 20.9 Å². The molecule has 2 aromatic carbocycles. The SMILES string of the molecule is Cc1ccccc1CC(=O)NC(Cc1c[nH]c2ccccc12)c1cc(=O)[nH]c(C(C)C)n1. The lowest BCUT2D eigenvalue weighted by atomic mass is 10.0. The summed E-state index contributed by atoms with van der Waals surface area (Å²) >= 11 is 0. The first-order chi connectivity index (χ1) is 15.4. The van der Waals surface area contributed by atoms with Gasteiger partial charge in [-0.05, 0) is 29.7 Å². The maximum Gasteiger partial charge on any atom is 0.251 e. The standard InChI is InChI=1S/C26H28N4O2/c1-16(2)26-29-23(14-25(32)30-26)22(12-19-15-27-21-11-7-6-10-20(19)21)28-24(31)13-18-9-5-4-8-17(18)3/h4-11,14-16,22,27H,12-13H2,1-3H3,(H,28,31)(H,29,30,32). The fraction of sp³-hybridized carbons (Fsp3) is 0.269. The van der Waals surface area contributed by atoms with Gasteiger partial charge in [-0.3, -0.25) is 9.59 Å². The second-order valence-corrected chi connectivity index (χ2v) is 8.50. The number of nitrogens with zero attached hydrogens (tertiary/aromatic N) is 1. The first-order valence-electron chi connectivity index (χ1n) is 10.9. The normalized spacial score (nSPS) is 12.2. The fourth-order valence-corrected chi connectivity index (χ4v) is 3.92. The summed E-state index contributed by atoms with van der Waals surface area (Å²) < 4.78 is 0. The van der Waals surface area contributed by atoms with Crippen LogP contribution in [0.15, 0.2) is 65.6 Å². The summed E-state index contributed by atoms with van der Waals surface area (Å²) in [5, 5.41) is 4.23. The Morgan fingerprint density at radius 1 is 1.06 bits per heavy atom. The first kappa shape index (κ1) is 21.6. The highest BCUT2D eigenvalue weighted by Crippen LogP contribution is 2.24. The number of aromatic nitrogens is 3. The zero-order valence-electron chi connectivity index (χ0n) is 18.6. The molecule has 6 heteroatoms. The summed E-state index contributed by atoms with van der Waals surface area (Å²) in [6, 6.07) is 17.0. The highest BCUT2D eigenvalue weighted by molar-refractivity contribution is 5.83. The number of hydrogen-bond donors (Lipinski definition) is 3. The summed E-state index contributed by atoms with van der Waals surface area (Å²) in [5.74, 6) is 0.584. The molecule has 0 fully saturated rings. The number of amides is 1. The lowest BCUT2D eigenvalue weighted by molar-refractivity contribution is -0.121. The summed E-state index contributed by atoms with van der Waals surface area (Å²) in [6.45, 7) is 5.96. The van der Waals surface area contributed by atoms with Crippen molar-refractivity contribution in [3.05, 3.63) is 99.4 Å². The number of fused-ring (bicyclic) bond motifs is 1. The van der Waals surface area contributed by atoms with Crippen molar-refractivity contribution >= 4 is 16.8 Å². The Morgan fingerprint density at radius 3 is 2.59 bits per heavy atom. The number of aryl methyl sites for hydroxylation is 1. The Bertz CT molecular complexity index is 1300. The zero-order chi connectivity index (χ0) is 22.7. The van der Waals surface area contributed by atoms with Gasteiger partial charge in [-0.25, -0.2) is 4.98 Å². The minimum Gasteiger partial charge on any atom is -0.361 e. The molecule has 0 bridgehead atoms. The Hall–Kier alpha value is -3.67. The van der Waals surface area contributed by atoms with Gasteiger partial charge in [0, 0.05) is 35.5 Å². The van der Waals surface area contributed by atoms with Crippen molar-refractivity contribution in [3.8, 4) is 0 Å². The van der Waals surface area contributed by atoms with Crippen molar-refractivity contribution in [3.63, 3.8) is 0 Å². The van der Waals surface area contributed by atoms with Crippen LogP contribution >= 0.6 is 0 Å². The molecule has 0 aliphatic carbocycles. The third-order valence-electron chi connectivity index (χ3n) is 5.73. The van der Waals surface area contributed by atoms with Crippen molar-refractivity contribution in [2.75, 3.05) is 0 Å². The molecule has 3 N–H and O–H groups in total. The van der Waals surface area contributed by atoms with Crippen LogP contribution in [0.2, 0.25) is 0 Å². The third kappa shape index (κ3) is 4.80. The maximum atomic E-state index is 13.0. The molecule has 0 saturated carbocycles. The lowest BCUT2D eigenvalue weighted by Crippen LogP contribution is -2.33. The van der Waals surface area contributed by atoms with E-state index in [9.17, 15) is 9.59 Å². The van der Waals surface area contributed by atoms with Crippen LogP contribution in [0.25, 0.3) is 10.9 Å². The molecule has 32 heavy (non-hydrogen) atoms. The number of carbonyl (C=O) groups excluding carboxylic acids is 1. The minimum absolute atomic E-state index is 0.0686. The van der Waals surface area contributed by atoms with Gasteiger partial charge in [-0.2, -0.15) is 0 Å². The third-order valence-corrected chi connectivity index (χ3v) is 5.73. The maximum absolute atomic E-state index is 13.0. The highest BCUT2D eigenvalue weighted by Gasteiger charge is 2.21. The van der Waals surface area contributed by atoms with E-state index < -0.39 is 6.04 Å². The molecule has 2 heterocycles. The number of hydrogen-bond acceptors (Lipinski definition) is 3. The number of rotatable bonds is 7. The van der Waals surface area contributed by atoms with E-state index >= 15 is 0 Å². The highest BCUT2D eigenvalue weighted by atomic mass is 16.1. The number of benzene rings is 2. The predicted molar refractivity (Wildman–Crippen MR) is 127 cm³/mol. The van der Waals surface area contributed by atoms with Crippen molar-refractivity contribution < 1.29 is 4.79 Å². The number of para-hydroxylation sites is 1. The van der Waals surface area contributed by atoms with Gasteiger partial charge in [0.25, 0.3) is 5.56 Å². The second-order valence-electron chi connectivity index (χ2n) is 8.50. The Kier molecular flexibility index (Phi) is 6.21. The van der Waals surface area contributed by atoms with E-state index in [4.69, 9.17) is 4.98 Å². The van der Waals surface area contributed by atoms with Gasteiger partial charge in [0.15, 0.2) is 0 Å². The van der Waals surface area contributed by atoms with Crippen molar-refractivity contribution in [1.29, 1.82) is 0 Å². The predicted octanol–water partition coefficient (Wildman–Crippen LogP) is 4.33. The van der Waals surface area contributed by atoms with Crippen molar-refractivity contribution in [1.82, 2.24) is 20.3 Å². The minimum atomic E-state index is -0.425. The Balaban J connectivity index is 1.67. The van der Waals surface area contributed by atoms with E-state index in [-0.39, 0.29) is 23.8 Å². The van der Waals surface area contributed by atoms with Crippen LogP contribution in [0.1, 0.15) is 54.0 Å². The van der Waals surface area contributed by atoms with E-state index in [0.717, 1.165) is 27.6 Å². The molecule has 0 aliphatic heterocycles. The van der Waals surface area contributed by atoms with Gasteiger partial charge < -0.3 is 15.3 Å². The van der Waals surface area contributed by atoms with E-state index in [1.165, 1.54) is 6.07 Å². The molecule has 0 saturated heterocycles. The lowest BCUT2D eigenvalue weighted by Gasteiger charge is -2.20. The molecule has 0 spiro atoms. The van der Waals surface area contributed by atoms with Crippen LogP contribution in [0, 0.1) is 6.92 Å². The Morgan fingerprint density at radius 2 is 1.81 bits per heavy atom. The number of aromatic amines is 2. The molecular formula is C26H28N4O2. The molecule has 1 unspecified atom stereocenters. The molecule has 4 rings (SSSR count). The van der Waals surface area contributed by atoms with Gasteiger partial charge >= 0.3 is 0 Å². The summed E-state index contributed by atoms with van der Waals surface area (Å²) in [6.07, 6.45) is 2.76. The average molecular weight is 429 g/mol. The van der Waals surface area contributed by atoms with Crippen LogP contribution in [-0.2, 0) is 17.6 Å². The number of nitrogens with one attached hydrogen (secondary N) is 3. The topological polar surface area (TPSA) is 90.6 Å². The van der Waals surface area contributed by atoms with Gasteiger partial charge in [0.1, 0.15) is 5.82 Å². The molecule has 2 aromatic heterocycles. The molecule has 0 radical (unpaired) electrons. The fourth-order valence-electron chi connectivity index (χ4n) is 3.92. The van der Waals surface area contributed by atoms with Gasteiger partial charge in [-0.1, -0.05) is 56.3 Å². The Labute approximate surface area is 187 Å². The van der Waals surface area contributed by atoms with Crippen LogP contribution in [0.3, 0.4) is 0 Å². The monoisotopic (exact) mass is 428 g/mol. The van der Waals surface area contributed by atoms with E-state index in [1.54, 1.807) is 0 Å². The molecule has 6 nitrogen and oxygen atoms in total. The molecular weight excluding hydrogens is 400 g/mol. The first-order valence-corrected chi connectivity index (χ1v) is 10.9. The second kappa shape index (κ2) is 9.22. The molecule has 164 valence electrons. The van der Waals surface area contributed by atoms with Crippen molar-refractivity contribution in [2.45, 2.75) is 45.6 Å². The van der Waals surface area contributed by atoms with Crippen molar-refractivity contribution in [2.24, 2.45) is 0 Å². The molecule has 4 aromatic rings. The van der Waals surface area contributed by atoms with Gasteiger partial charge in [0.05, 0.1) is 18.2 Å². The zero-order valence-corrected chi connectivity index (χ0v) is 18.6. The average Bonchev–Trinajstić information content (AvgIpc) is 3.17. The number of carbonyl (C=O) groups is 1. The summed E-state index contributed by atoms with van der Waals surface area (Å²) in [5.41, 5.74) is 4.52.